The van der Waals surface area contributed by atoms with E-state index < -0.39 is 0 Å². The van der Waals surface area contributed by atoms with E-state index in [0.717, 1.165) is 36.0 Å². The lowest BCUT2D eigenvalue weighted by Crippen LogP contribution is -2.10. The van der Waals surface area contributed by atoms with Gasteiger partial charge in [0.15, 0.2) is 23.0 Å². The summed E-state index contributed by atoms with van der Waals surface area (Å²) in [6, 6.07) is 10.6. The van der Waals surface area contributed by atoms with Crippen LogP contribution in [0.3, 0.4) is 0 Å². The molecule has 3 aromatic rings. The average molecular weight is 307 g/mol. The van der Waals surface area contributed by atoms with E-state index in [9.17, 15) is 0 Å². The first kappa shape index (κ1) is 11.7. The summed E-state index contributed by atoms with van der Waals surface area (Å²) in [6.45, 7) is 1.56. The minimum absolute atomic E-state index is 0.307. The third kappa shape index (κ3) is 1.46. The highest BCUT2D eigenvalue weighted by atomic mass is 16.7. The molecule has 3 aliphatic heterocycles. The molecule has 0 saturated heterocycles. The summed E-state index contributed by atoms with van der Waals surface area (Å²) in [5, 5.41) is 1.18. The van der Waals surface area contributed by atoms with Gasteiger partial charge in [0.2, 0.25) is 13.6 Å². The number of aromatic nitrogens is 1. The Morgan fingerprint density at radius 2 is 1.43 bits per heavy atom. The lowest BCUT2D eigenvalue weighted by atomic mass is 9.98. The molecule has 1 aromatic heterocycles. The molecule has 3 aliphatic rings. The van der Waals surface area contributed by atoms with Crippen LogP contribution in [0.15, 0.2) is 30.3 Å². The molecule has 0 saturated carbocycles. The highest BCUT2D eigenvalue weighted by molar-refractivity contribution is 5.91. The quantitative estimate of drug-likeness (QED) is 0.639. The Balaban J connectivity index is 1.62. The van der Waals surface area contributed by atoms with Gasteiger partial charge in [-0.25, -0.2) is 0 Å². The van der Waals surface area contributed by atoms with E-state index in [1.165, 1.54) is 27.7 Å². The van der Waals surface area contributed by atoms with Gasteiger partial charge in [-0.05, 0) is 36.2 Å². The summed E-state index contributed by atoms with van der Waals surface area (Å²) < 4.78 is 24.4. The summed E-state index contributed by atoms with van der Waals surface area (Å²) >= 11 is 0. The van der Waals surface area contributed by atoms with Gasteiger partial charge in [0, 0.05) is 29.3 Å². The third-order valence-electron chi connectivity index (χ3n) is 4.87. The zero-order valence-corrected chi connectivity index (χ0v) is 12.3. The van der Waals surface area contributed by atoms with Gasteiger partial charge in [0.05, 0.1) is 5.52 Å². The van der Waals surface area contributed by atoms with Gasteiger partial charge in [0.25, 0.3) is 0 Å². The van der Waals surface area contributed by atoms with Crippen LogP contribution < -0.4 is 18.9 Å². The van der Waals surface area contributed by atoms with Crippen molar-refractivity contribution in [1.29, 1.82) is 0 Å². The molecule has 0 aliphatic carbocycles. The monoisotopic (exact) mass is 307 g/mol. The average Bonchev–Trinajstić information content (AvgIpc) is 3.27. The third-order valence-corrected chi connectivity index (χ3v) is 4.87. The Morgan fingerprint density at radius 1 is 0.739 bits per heavy atom. The lowest BCUT2D eigenvalue weighted by Gasteiger charge is -2.20. The van der Waals surface area contributed by atoms with E-state index in [1.807, 2.05) is 0 Å². The van der Waals surface area contributed by atoms with Crippen molar-refractivity contribution < 1.29 is 18.9 Å². The Hall–Kier alpha value is -2.82. The van der Waals surface area contributed by atoms with E-state index in [4.69, 9.17) is 18.9 Å². The lowest BCUT2D eigenvalue weighted by molar-refractivity contribution is 0.173. The van der Waals surface area contributed by atoms with Gasteiger partial charge >= 0.3 is 0 Å². The molecular formula is C18H13NO4. The van der Waals surface area contributed by atoms with Crippen molar-refractivity contribution in [3.05, 3.63) is 35.9 Å². The van der Waals surface area contributed by atoms with Crippen LogP contribution in [0.25, 0.3) is 22.2 Å². The number of aryl methyl sites for hydroxylation is 2. The molecule has 23 heavy (non-hydrogen) atoms. The largest absolute Gasteiger partial charge is 0.454 e. The summed E-state index contributed by atoms with van der Waals surface area (Å²) in [4.78, 5) is 0. The van der Waals surface area contributed by atoms with Crippen LogP contribution in [0.4, 0.5) is 0 Å². The van der Waals surface area contributed by atoms with Crippen LogP contribution in [0.2, 0.25) is 0 Å². The van der Waals surface area contributed by atoms with Gasteiger partial charge in [-0.15, -0.1) is 0 Å². The highest BCUT2D eigenvalue weighted by Crippen LogP contribution is 2.44. The molecule has 5 heteroatoms. The standard InChI is InChI=1S/C18H13NO4/c1-2-19-13-7-18-16(21-9-23-18)5-11(13)3-14(19)12-6-17-15(4-10(1)12)20-8-22-17/h3-7H,1-2,8-9H2. The molecule has 2 aromatic carbocycles. The summed E-state index contributed by atoms with van der Waals surface area (Å²) in [5.74, 6) is 3.34. The van der Waals surface area contributed by atoms with Crippen LogP contribution in [0, 0.1) is 0 Å². The Kier molecular flexibility index (Phi) is 2.00. The molecule has 5 nitrogen and oxygen atoms in total. The maximum Gasteiger partial charge on any atom is 0.231 e. The van der Waals surface area contributed by atoms with E-state index in [1.54, 1.807) is 0 Å². The summed E-state index contributed by atoms with van der Waals surface area (Å²) in [7, 11) is 0. The fourth-order valence-corrected chi connectivity index (χ4v) is 3.78. The van der Waals surface area contributed by atoms with Crippen molar-refractivity contribution in [3.63, 3.8) is 0 Å². The van der Waals surface area contributed by atoms with Gasteiger partial charge in [-0.2, -0.15) is 0 Å². The molecule has 4 heterocycles. The molecular weight excluding hydrogens is 294 g/mol. The van der Waals surface area contributed by atoms with Crippen LogP contribution in [-0.4, -0.2) is 18.2 Å². The maximum absolute atomic E-state index is 5.55. The minimum atomic E-state index is 0.307. The normalized spacial score (nSPS) is 16.5. The second-order valence-electron chi connectivity index (χ2n) is 6.06. The molecule has 0 N–H and O–H groups in total. The molecule has 0 spiro atoms. The summed E-state index contributed by atoms with van der Waals surface area (Å²) in [6.07, 6.45) is 0.983. The predicted molar refractivity (Wildman–Crippen MR) is 83.3 cm³/mol. The highest BCUT2D eigenvalue weighted by Gasteiger charge is 2.25. The van der Waals surface area contributed by atoms with Crippen molar-refractivity contribution in [2.75, 3.05) is 13.6 Å². The number of hydrogen-bond donors (Lipinski definition) is 0. The first-order valence-electron chi connectivity index (χ1n) is 7.72. The number of nitrogens with zero attached hydrogens (tertiary/aromatic N) is 1. The molecule has 0 radical (unpaired) electrons. The molecule has 6 rings (SSSR count). The van der Waals surface area contributed by atoms with Gasteiger partial charge < -0.3 is 23.5 Å². The summed E-state index contributed by atoms with van der Waals surface area (Å²) in [5.41, 5.74) is 4.93. The van der Waals surface area contributed by atoms with Gasteiger partial charge in [0.1, 0.15) is 0 Å². The second kappa shape index (κ2) is 3.93. The fraction of sp³-hybridized carbons (Fsp3) is 0.222. The van der Waals surface area contributed by atoms with Crippen molar-refractivity contribution in [2.45, 2.75) is 13.0 Å². The van der Waals surface area contributed by atoms with Gasteiger partial charge in [-0.1, -0.05) is 0 Å². The van der Waals surface area contributed by atoms with Gasteiger partial charge in [-0.3, -0.25) is 0 Å². The molecule has 0 unspecified atom stereocenters. The van der Waals surface area contributed by atoms with Crippen molar-refractivity contribution >= 4 is 10.9 Å². The molecule has 0 bridgehead atoms. The fourth-order valence-electron chi connectivity index (χ4n) is 3.78. The van der Waals surface area contributed by atoms with Crippen molar-refractivity contribution in [2.24, 2.45) is 0 Å². The first-order chi connectivity index (χ1) is 11.4. The van der Waals surface area contributed by atoms with Crippen LogP contribution in [0.1, 0.15) is 5.56 Å². The van der Waals surface area contributed by atoms with E-state index in [2.05, 4.69) is 34.9 Å². The molecule has 0 fully saturated rings. The number of hydrogen-bond acceptors (Lipinski definition) is 4. The number of ether oxygens (including phenoxy) is 4. The maximum atomic E-state index is 5.55. The van der Waals surface area contributed by atoms with E-state index in [0.29, 0.717) is 13.6 Å². The van der Waals surface area contributed by atoms with Crippen LogP contribution >= 0.6 is 0 Å². The Bertz CT molecular complexity index is 989. The number of rotatable bonds is 0. The minimum Gasteiger partial charge on any atom is -0.454 e. The van der Waals surface area contributed by atoms with Crippen LogP contribution in [-0.2, 0) is 13.0 Å². The van der Waals surface area contributed by atoms with Crippen molar-refractivity contribution in [3.8, 4) is 34.3 Å². The zero-order valence-electron chi connectivity index (χ0n) is 12.3. The number of benzene rings is 2. The second-order valence-corrected chi connectivity index (χ2v) is 6.06. The Labute approximate surface area is 131 Å². The van der Waals surface area contributed by atoms with E-state index in [-0.39, 0.29) is 0 Å². The number of fused-ring (bicyclic) bond motifs is 7. The smallest absolute Gasteiger partial charge is 0.231 e. The van der Waals surface area contributed by atoms with Crippen molar-refractivity contribution in [1.82, 2.24) is 4.57 Å². The van der Waals surface area contributed by atoms with Crippen LogP contribution in [0.5, 0.6) is 23.0 Å². The molecule has 0 amide bonds. The van der Waals surface area contributed by atoms with E-state index >= 15 is 0 Å². The molecule has 114 valence electrons. The Morgan fingerprint density at radius 3 is 2.26 bits per heavy atom. The SMILES string of the molecule is c1c2c(cc3c1OCO3)-c1cc3cc4c(cc3n1CC2)OCO4. The topological polar surface area (TPSA) is 41.9 Å². The first-order valence-corrected chi connectivity index (χ1v) is 7.72. The predicted octanol–water partition coefficient (Wildman–Crippen LogP) is 3.32. The zero-order chi connectivity index (χ0) is 15.0. The molecule has 0 atom stereocenters.